The molecule has 3 N–H and O–H groups in total. The van der Waals surface area contributed by atoms with Gasteiger partial charge in [0.05, 0.1) is 0 Å². The van der Waals surface area contributed by atoms with Crippen LogP contribution in [0, 0.1) is 17.5 Å². The highest BCUT2D eigenvalue weighted by molar-refractivity contribution is 5.73. The first kappa shape index (κ1) is 11.5. The third-order valence-corrected chi connectivity index (χ3v) is 1.85. The number of carboxylic acids is 1. The van der Waals surface area contributed by atoms with Crippen LogP contribution in [0.4, 0.5) is 13.2 Å². The summed E-state index contributed by atoms with van der Waals surface area (Å²) in [6.07, 6.45) is -0.521. The molecule has 15 heavy (non-hydrogen) atoms. The van der Waals surface area contributed by atoms with Gasteiger partial charge in [0, 0.05) is 24.1 Å². The van der Waals surface area contributed by atoms with Crippen LogP contribution in [0.15, 0.2) is 12.1 Å². The zero-order chi connectivity index (χ0) is 11.6. The summed E-state index contributed by atoms with van der Waals surface area (Å²) in [6, 6.07) is -0.459. The largest absolute Gasteiger partial charge is 0.480 e. The molecule has 0 amide bonds. The lowest BCUT2D eigenvalue weighted by Gasteiger charge is -2.08. The molecule has 0 unspecified atom stereocenters. The van der Waals surface area contributed by atoms with Gasteiger partial charge < -0.3 is 10.8 Å². The SMILES string of the molecule is N[C@@H](Cc1c(F)cc(F)cc1F)C(=O)O. The Morgan fingerprint density at radius 3 is 2.20 bits per heavy atom. The van der Waals surface area contributed by atoms with Gasteiger partial charge >= 0.3 is 5.97 Å². The summed E-state index contributed by atoms with van der Waals surface area (Å²) in [7, 11) is 0. The minimum atomic E-state index is -1.42. The number of carbonyl (C=O) groups is 1. The van der Waals surface area contributed by atoms with Gasteiger partial charge in [-0.05, 0) is 0 Å². The Labute approximate surface area is 83.3 Å². The van der Waals surface area contributed by atoms with Crippen LogP contribution in [-0.2, 0) is 11.2 Å². The molecular weight excluding hydrogens is 211 g/mol. The van der Waals surface area contributed by atoms with Gasteiger partial charge in [-0.25, -0.2) is 13.2 Å². The number of benzene rings is 1. The summed E-state index contributed by atoms with van der Waals surface area (Å²) >= 11 is 0. The first-order chi connectivity index (χ1) is 6.91. The van der Waals surface area contributed by atoms with E-state index in [0.29, 0.717) is 12.1 Å². The van der Waals surface area contributed by atoms with Crippen LogP contribution in [0.5, 0.6) is 0 Å². The van der Waals surface area contributed by atoms with Crippen molar-refractivity contribution < 1.29 is 23.1 Å². The highest BCUT2D eigenvalue weighted by atomic mass is 19.1. The summed E-state index contributed by atoms with van der Waals surface area (Å²) in [5, 5.41) is 8.44. The van der Waals surface area contributed by atoms with Gasteiger partial charge in [-0.3, -0.25) is 4.79 Å². The molecule has 82 valence electrons. The lowest BCUT2D eigenvalue weighted by atomic mass is 10.1. The second-order valence-electron chi connectivity index (χ2n) is 3.00. The number of hydrogen-bond acceptors (Lipinski definition) is 2. The van der Waals surface area contributed by atoms with Crippen molar-refractivity contribution in [2.24, 2.45) is 5.73 Å². The lowest BCUT2D eigenvalue weighted by molar-refractivity contribution is -0.138. The van der Waals surface area contributed by atoms with E-state index in [1.54, 1.807) is 0 Å². The van der Waals surface area contributed by atoms with E-state index in [1.807, 2.05) is 0 Å². The van der Waals surface area contributed by atoms with Gasteiger partial charge in [0.2, 0.25) is 0 Å². The summed E-state index contributed by atoms with van der Waals surface area (Å²) < 4.78 is 38.5. The molecular formula is C9H8F3NO2. The number of carboxylic acid groups (broad SMARTS) is 1. The fourth-order valence-electron chi connectivity index (χ4n) is 1.07. The van der Waals surface area contributed by atoms with Gasteiger partial charge in [-0.1, -0.05) is 0 Å². The maximum atomic E-state index is 13.0. The van der Waals surface area contributed by atoms with Crippen molar-refractivity contribution in [3.05, 3.63) is 35.1 Å². The zero-order valence-electron chi connectivity index (χ0n) is 7.51. The van der Waals surface area contributed by atoms with E-state index in [1.165, 1.54) is 0 Å². The molecule has 0 aromatic heterocycles. The molecule has 0 heterocycles. The second-order valence-corrected chi connectivity index (χ2v) is 3.00. The van der Waals surface area contributed by atoms with Crippen molar-refractivity contribution in [3.63, 3.8) is 0 Å². The predicted molar refractivity (Wildman–Crippen MR) is 45.6 cm³/mol. The monoisotopic (exact) mass is 219 g/mol. The molecule has 0 bridgehead atoms. The molecule has 6 heteroatoms. The average molecular weight is 219 g/mol. The molecule has 0 radical (unpaired) electrons. The van der Waals surface area contributed by atoms with Gasteiger partial charge in [-0.15, -0.1) is 0 Å². The molecule has 0 fully saturated rings. The van der Waals surface area contributed by atoms with Crippen LogP contribution in [0.1, 0.15) is 5.56 Å². The summed E-state index contributed by atoms with van der Waals surface area (Å²) in [5.74, 6) is -4.70. The molecule has 0 saturated heterocycles. The molecule has 1 atom stereocenters. The zero-order valence-corrected chi connectivity index (χ0v) is 7.51. The number of aliphatic carboxylic acids is 1. The molecule has 0 saturated carbocycles. The van der Waals surface area contributed by atoms with Crippen LogP contribution in [0.2, 0.25) is 0 Å². The quantitative estimate of drug-likeness (QED) is 0.798. The van der Waals surface area contributed by atoms with E-state index in [9.17, 15) is 18.0 Å². The minimum Gasteiger partial charge on any atom is -0.480 e. The number of halogens is 3. The lowest BCUT2D eigenvalue weighted by Crippen LogP contribution is -2.33. The topological polar surface area (TPSA) is 63.3 Å². The summed E-state index contributed by atoms with van der Waals surface area (Å²) in [5.41, 5.74) is 4.58. The van der Waals surface area contributed by atoms with Crippen LogP contribution in [0.25, 0.3) is 0 Å². The predicted octanol–water partition coefficient (Wildman–Crippen LogP) is 1.06. The van der Waals surface area contributed by atoms with Crippen molar-refractivity contribution in [2.45, 2.75) is 12.5 Å². The Hall–Kier alpha value is -1.56. The van der Waals surface area contributed by atoms with Crippen molar-refractivity contribution >= 4 is 5.97 Å². The number of hydrogen-bond donors (Lipinski definition) is 2. The Morgan fingerprint density at radius 2 is 1.80 bits per heavy atom. The standard InChI is InChI=1S/C9H8F3NO2/c10-4-1-6(11)5(7(12)2-4)3-8(13)9(14)15/h1-2,8H,3,13H2,(H,14,15)/t8-/m0/s1. The Morgan fingerprint density at radius 1 is 1.33 bits per heavy atom. The summed E-state index contributed by atoms with van der Waals surface area (Å²) in [4.78, 5) is 10.3. The molecule has 0 aliphatic rings. The van der Waals surface area contributed by atoms with E-state index >= 15 is 0 Å². The molecule has 0 aliphatic heterocycles. The highest BCUT2D eigenvalue weighted by Gasteiger charge is 2.18. The molecule has 3 nitrogen and oxygen atoms in total. The Bertz CT molecular complexity index is 372. The maximum absolute atomic E-state index is 13.0. The van der Waals surface area contributed by atoms with E-state index in [4.69, 9.17) is 10.8 Å². The summed E-state index contributed by atoms with van der Waals surface area (Å²) in [6.45, 7) is 0. The number of rotatable bonds is 3. The van der Waals surface area contributed by atoms with Crippen molar-refractivity contribution in [3.8, 4) is 0 Å². The Kier molecular flexibility index (Phi) is 3.31. The molecule has 0 spiro atoms. The fraction of sp³-hybridized carbons (Fsp3) is 0.222. The average Bonchev–Trinajstić information content (AvgIpc) is 2.10. The Balaban J connectivity index is 3.00. The first-order valence-corrected chi connectivity index (χ1v) is 4.03. The van der Waals surface area contributed by atoms with Crippen LogP contribution in [0.3, 0.4) is 0 Å². The minimum absolute atomic E-state index is 0.479. The van der Waals surface area contributed by atoms with Crippen molar-refractivity contribution in [1.82, 2.24) is 0 Å². The van der Waals surface area contributed by atoms with Crippen molar-refractivity contribution in [1.29, 1.82) is 0 Å². The van der Waals surface area contributed by atoms with Gasteiger partial charge in [0.25, 0.3) is 0 Å². The van der Waals surface area contributed by atoms with E-state index < -0.39 is 41.4 Å². The van der Waals surface area contributed by atoms with E-state index in [2.05, 4.69) is 0 Å². The third kappa shape index (κ3) is 2.69. The van der Waals surface area contributed by atoms with Gasteiger partial charge in [-0.2, -0.15) is 0 Å². The molecule has 1 aromatic rings. The van der Waals surface area contributed by atoms with Gasteiger partial charge in [0.15, 0.2) is 0 Å². The maximum Gasteiger partial charge on any atom is 0.320 e. The van der Waals surface area contributed by atoms with Crippen molar-refractivity contribution in [2.75, 3.05) is 0 Å². The molecule has 1 rings (SSSR count). The number of nitrogens with two attached hydrogens (primary N) is 1. The fourth-order valence-corrected chi connectivity index (χ4v) is 1.07. The smallest absolute Gasteiger partial charge is 0.320 e. The third-order valence-electron chi connectivity index (χ3n) is 1.85. The molecule has 0 aliphatic carbocycles. The van der Waals surface area contributed by atoms with Crippen LogP contribution < -0.4 is 5.73 Å². The van der Waals surface area contributed by atoms with Gasteiger partial charge in [0.1, 0.15) is 23.5 Å². The van der Waals surface area contributed by atoms with Crippen LogP contribution in [-0.4, -0.2) is 17.1 Å². The van der Waals surface area contributed by atoms with E-state index in [-0.39, 0.29) is 0 Å². The second kappa shape index (κ2) is 4.31. The van der Waals surface area contributed by atoms with E-state index in [0.717, 1.165) is 0 Å². The van der Waals surface area contributed by atoms with Crippen LogP contribution >= 0.6 is 0 Å². The highest BCUT2D eigenvalue weighted by Crippen LogP contribution is 2.16. The normalized spacial score (nSPS) is 12.5. The first-order valence-electron chi connectivity index (χ1n) is 4.03. The molecule has 1 aromatic carbocycles.